The van der Waals surface area contributed by atoms with Gasteiger partial charge in [-0.05, 0) is 83.5 Å². The number of hydrogen-bond acceptors (Lipinski definition) is 9. The lowest BCUT2D eigenvalue weighted by Crippen LogP contribution is -2.29. The van der Waals surface area contributed by atoms with Crippen molar-refractivity contribution in [3.05, 3.63) is 97.2 Å². The zero-order chi connectivity index (χ0) is 42.2. The van der Waals surface area contributed by atoms with Crippen LogP contribution in [0.3, 0.4) is 0 Å². The van der Waals surface area contributed by atoms with Gasteiger partial charge in [0.1, 0.15) is 6.61 Å². The van der Waals surface area contributed by atoms with Crippen molar-refractivity contribution < 1.29 is 42.3 Å². The first-order valence-electron chi connectivity index (χ1n) is 21.8. The van der Waals surface area contributed by atoms with E-state index in [1.54, 1.807) is 0 Å². The number of rotatable bonds is 38. The highest BCUT2D eigenvalue weighted by Crippen LogP contribution is 2.43. The number of carbonyl (C=O) groups is 2. The topological polar surface area (TPSA) is 147 Å². The predicted octanol–water partition coefficient (Wildman–Crippen LogP) is 11.6. The molecular formula is C47H76NO9P. The van der Waals surface area contributed by atoms with E-state index in [1.807, 2.05) is 18.2 Å². The van der Waals surface area contributed by atoms with Gasteiger partial charge in [0.15, 0.2) is 6.10 Å². The van der Waals surface area contributed by atoms with E-state index < -0.39 is 32.5 Å². The van der Waals surface area contributed by atoms with E-state index in [1.165, 1.54) is 38.5 Å². The molecule has 0 spiro atoms. The molecule has 3 N–H and O–H groups in total. The van der Waals surface area contributed by atoms with Crippen molar-refractivity contribution in [2.45, 2.75) is 161 Å². The lowest BCUT2D eigenvalue weighted by molar-refractivity contribution is -0.161. The first kappa shape index (κ1) is 52.9. The van der Waals surface area contributed by atoms with Crippen LogP contribution in [0, 0.1) is 0 Å². The standard InChI is InChI=1S/C47H76NO9P/c1-3-5-7-8-9-10-11-12-13-14-15-16-21-24-27-30-34-38-47(50)56-43(42-55-58(51,52)54-40-39-48)41-53-46(49)37-33-29-26-23-20-18-17-19-22-25-28-32-36-45-44(57-45)35-31-6-4-2/h6,12-13,15-16,18-20,22,24,26-29,31-32,43-45H,3-5,7-11,14,17,21,23,25,30,33-42,48H2,1-2H3,(H,51,52)/b13-12-,16-15-,20-18-,22-19-,27-24-,29-26-,31-6-,32-28-/t43-,44?,45?/m1/s1. The highest BCUT2D eigenvalue weighted by atomic mass is 31.2. The van der Waals surface area contributed by atoms with E-state index >= 15 is 0 Å². The minimum absolute atomic E-state index is 0.0290. The number of epoxide rings is 1. The maximum Gasteiger partial charge on any atom is 0.472 e. The lowest BCUT2D eigenvalue weighted by atomic mass is 10.1. The molecule has 1 aliphatic rings. The number of carbonyl (C=O) groups excluding carboxylic acids is 2. The first-order valence-corrected chi connectivity index (χ1v) is 23.3. The number of allylic oxidation sites excluding steroid dienone is 14. The molecule has 0 aliphatic carbocycles. The van der Waals surface area contributed by atoms with Crippen LogP contribution < -0.4 is 5.73 Å². The Labute approximate surface area is 351 Å². The minimum atomic E-state index is -4.42. The van der Waals surface area contributed by atoms with Crippen LogP contribution in [-0.2, 0) is 37.4 Å². The number of phosphoric ester groups is 1. The fourth-order valence-electron chi connectivity index (χ4n) is 5.54. The molecule has 1 heterocycles. The number of phosphoric acid groups is 1. The Hall–Kier alpha value is -3.11. The zero-order valence-electron chi connectivity index (χ0n) is 35.7. The molecule has 0 saturated carbocycles. The van der Waals surface area contributed by atoms with E-state index in [0.717, 1.165) is 57.8 Å². The van der Waals surface area contributed by atoms with E-state index in [9.17, 15) is 19.0 Å². The van der Waals surface area contributed by atoms with Gasteiger partial charge < -0.3 is 24.8 Å². The fourth-order valence-corrected chi connectivity index (χ4v) is 6.30. The van der Waals surface area contributed by atoms with Crippen LogP contribution in [0.4, 0.5) is 0 Å². The Morgan fingerprint density at radius 2 is 1.14 bits per heavy atom. The number of nitrogens with two attached hydrogens (primary N) is 1. The third kappa shape index (κ3) is 34.9. The second-order valence-corrected chi connectivity index (χ2v) is 15.7. The van der Waals surface area contributed by atoms with Gasteiger partial charge in [-0.3, -0.25) is 18.6 Å². The summed E-state index contributed by atoms with van der Waals surface area (Å²) in [6.07, 6.45) is 52.2. The van der Waals surface area contributed by atoms with Crippen molar-refractivity contribution in [2.75, 3.05) is 26.4 Å². The van der Waals surface area contributed by atoms with Gasteiger partial charge in [0.25, 0.3) is 0 Å². The van der Waals surface area contributed by atoms with Crippen molar-refractivity contribution in [3.63, 3.8) is 0 Å². The van der Waals surface area contributed by atoms with Gasteiger partial charge in [-0.25, -0.2) is 4.57 Å². The summed E-state index contributed by atoms with van der Waals surface area (Å²) in [4.78, 5) is 34.8. The van der Waals surface area contributed by atoms with Gasteiger partial charge in [-0.1, -0.05) is 143 Å². The second-order valence-electron chi connectivity index (χ2n) is 14.2. The van der Waals surface area contributed by atoms with E-state index in [0.29, 0.717) is 31.5 Å². The van der Waals surface area contributed by atoms with Crippen LogP contribution in [-0.4, -0.2) is 61.5 Å². The molecule has 1 fully saturated rings. The number of esters is 2. The highest BCUT2D eigenvalue weighted by molar-refractivity contribution is 7.47. The molecular weight excluding hydrogens is 753 g/mol. The normalized spacial score (nSPS) is 17.7. The average molecular weight is 830 g/mol. The van der Waals surface area contributed by atoms with Crippen LogP contribution in [0.1, 0.15) is 142 Å². The summed E-state index contributed by atoms with van der Waals surface area (Å²) < 4.78 is 38.3. The first-order chi connectivity index (χ1) is 28.3. The maximum absolute atomic E-state index is 12.6. The van der Waals surface area contributed by atoms with Gasteiger partial charge in [-0.15, -0.1) is 0 Å². The molecule has 0 aromatic carbocycles. The van der Waals surface area contributed by atoms with Crippen molar-refractivity contribution in [2.24, 2.45) is 5.73 Å². The molecule has 58 heavy (non-hydrogen) atoms. The molecule has 328 valence electrons. The number of ether oxygens (including phenoxy) is 3. The summed E-state index contributed by atoms with van der Waals surface area (Å²) in [5.74, 6) is -1.00. The molecule has 0 aromatic rings. The maximum atomic E-state index is 12.6. The third-order valence-corrected chi connectivity index (χ3v) is 9.85. The molecule has 1 rings (SSSR count). The molecule has 1 aliphatic heterocycles. The van der Waals surface area contributed by atoms with Gasteiger partial charge in [0.05, 0.1) is 25.4 Å². The van der Waals surface area contributed by atoms with Crippen molar-refractivity contribution >= 4 is 19.8 Å². The number of hydrogen-bond donors (Lipinski definition) is 2. The Bertz CT molecular complexity index is 1330. The van der Waals surface area contributed by atoms with Crippen LogP contribution in [0.15, 0.2) is 97.2 Å². The second kappa shape index (κ2) is 38.1. The van der Waals surface area contributed by atoms with Crippen LogP contribution in [0.25, 0.3) is 0 Å². The van der Waals surface area contributed by atoms with E-state index in [4.69, 9.17) is 29.0 Å². The molecule has 3 unspecified atom stereocenters. The van der Waals surface area contributed by atoms with Crippen LogP contribution in [0.2, 0.25) is 0 Å². The molecule has 10 nitrogen and oxygen atoms in total. The fraction of sp³-hybridized carbons (Fsp3) is 0.617. The Balaban J connectivity index is 2.27. The molecule has 0 amide bonds. The van der Waals surface area contributed by atoms with Gasteiger partial charge in [-0.2, -0.15) is 0 Å². The smallest absolute Gasteiger partial charge is 0.462 e. The average Bonchev–Trinajstić information content (AvgIpc) is 3.97. The zero-order valence-corrected chi connectivity index (χ0v) is 36.6. The lowest BCUT2D eigenvalue weighted by Gasteiger charge is -2.19. The summed E-state index contributed by atoms with van der Waals surface area (Å²) in [5, 5.41) is 0. The molecule has 0 aromatic heterocycles. The Morgan fingerprint density at radius 3 is 1.72 bits per heavy atom. The Morgan fingerprint density at radius 1 is 0.621 bits per heavy atom. The molecule has 11 heteroatoms. The van der Waals surface area contributed by atoms with Crippen LogP contribution in [0.5, 0.6) is 0 Å². The van der Waals surface area contributed by atoms with Crippen molar-refractivity contribution in [1.29, 1.82) is 0 Å². The molecule has 4 atom stereocenters. The van der Waals surface area contributed by atoms with Crippen molar-refractivity contribution in [1.82, 2.24) is 0 Å². The van der Waals surface area contributed by atoms with Crippen LogP contribution >= 0.6 is 7.82 Å². The van der Waals surface area contributed by atoms with E-state index in [-0.39, 0.29) is 32.6 Å². The molecule has 0 radical (unpaired) electrons. The van der Waals surface area contributed by atoms with Gasteiger partial charge in [0, 0.05) is 19.4 Å². The predicted molar refractivity (Wildman–Crippen MR) is 237 cm³/mol. The minimum Gasteiger partial charge on any atom is -0.462 e. The summed E-state index contributed by atoms with van der Waals surface area (Å²) in [6, 6.07) is 0. The van der Waals surface area contributed by atoms with Gasteiger partial charge in [0.2, 0.25) is 0 Å². The molecule has 1 saturated heterocycles. The van der Waals surface area contributed by atoms with Gasteiger partial charge >= 0.3 is 19.8 Å². The van der Waals surface area contributed by atoms with Crippen molar-refractivity contribution in [3.8, 4) is 0 Å². The largest absolute Gasteiger partial charge is 0.472 e. The monoisotopic (exact) mass is 830 g/mol. The number of unbranched alkanes of at least 4 members (excludes halogenated alkanes) is 7. The summed E-state index contributed by atoms with van der Waals surface area (Å²) >= 11 is 0. The highest BCUT2D eigenvalue weighted by Gasteiger charge is 2.36. The third-order valence-electron chi connectivity index (χ3n) is 8.87. The summed E-state index contributed by atoms with van der Waals surface area (Å²) in [6.45, 7) is 3.43. The SMILES string of the molecule is CC/C=C\CC1OC1C/C=C\C/C=C\C/C=C\C/C=C\CCC(=O)OC[C@H](COP(=O)(O)OCCN)OC(=O)CCC/C=C\C/C=C\C/C=C\CCCCCCCC. The summed E-state index contributed by atoms with van der Waals surface area (Å²) in [5.41, 5.74) is 5.34. The Kier molecular flexibility index (Phi) is 34.8. The summed E-state index contributed by atoms with van der Waals surface area (Å²) in [7, 11) is -4.42. The quantitative estimate of drug-likeness (QED) is 0.0203. The molecule has 0 bridgehead atoms. The van der Waals surface area contributed by atoms with E-state index in [2.05, 4.69) is 92.8 Å².